The molecule has 86 valence electrons. The van der Waals surface area contributed by atoms with E-state index in [1.807, 2.05) is 4.90 Å². The standard InChI is InChI=1S/C11H20N2O2/c1-12-4-2-3-10(12)9-11(14)13-5-7-15-8-6-13/h10H,2-9H2,1H3. The molecular weight excluding hydrogens is 192 g/mol. The van der Waals surface area contributed by atoms with E-state index in [1.54, 1.807) is 0 Å². The lowest BCUT2D eigenvalue weighted by Crippen LogP contribution is -2.43. The molecule has 0 bridgehead atoms. The first kappa shape index (κ1) is 10.9. The molecule has 1 amide bonds. The Bertz CT molecular complexity index is 227. The molecule has 2 rings (SSSR count). The Balaban J connectivity index is 1.80. The van der Waals surface area contributed by atoms with Crippen molar-refractivity contribution in [2.24, 2.45) is 0 Å². The van der Waals surface area contributed by atoms with Gasteiger partial charge in [-0.3, -0.25) is 4.79 Å². The highest BCUT2D eigenvalue weighted by Crippen LogP contribution is 2.18. The van der Waals surface area contributed by atoms with Crippen LogP contribution in [0.4, 0.5) is 0 Å². The minimum atomic E-state index is 0.303. The zero-order valence-electron chi connectivity index (χ0n) is 9.45. The molecule has 0 N–H and O–H groups in total. The Morgan fingerprint density at radius 2 is 2.07 bits per heavy atom. The minimum Gasteiger partial charge on any atom is -0.378 e. The van der Waals surface area contributed by atoms with Crippen LogP contribution in [0.3, 0.4) is 0 Å². The Morgan fingerprint density at radius 3 is 2.67 bits per heavy atom. The monoisotopic (exact) mass is 212 g/mol. The normalized spacial score (nSPS) is 28.3. The fourth-order valence-corrected chi connectivity index (χ4v) is 2.38. The second-order valence-corrected chi connectivity index (χ2v) is 4.47. The second-order valence-electron chi connectivity index (χ2n) is 4.47. The van der Waals surface area contributed by atoms with E-state index < -0.39 is 0 Å². The fourth-order valence-electron chi connectivity index (χ4n) is 2.38. The van der Waals surface area contributed by atoms with Crippen molar-refractivity contribution in [1.82, 2.24) is 9.80 Å². The molecule has 0 aromatic heterocycles. The van der Waals surface area contributed by atoms with E-state index in [4.69, 9.17) is 4.74 Å². The molecule has 15 heavy (non-hydrogen) atoms. The average molecular weight is 212 g/mol. The predicted octanol–water partition coefficient (Wildman–Crippen LogP) is 0.329. The van der Waals surface area contributed by atoms with Crippen LogP contribution in [0.1, 0.15) is 19.3 Å². The Morgan fingerprint density at radius 1 is 1.33 bits per heavy atom. The molecule has 0 radical (unpaired) electrons. The topological polar surface area (TPSA) is 32.8 Å². The van der Waals surface area contributed by atoms with E-state index in [0.717, 1.165) is 19.6 Å². The number of hydrogen-bond donors (Lipinski definition) is 0. The van der Waals surface area contributed by atoms with E-state index >= 15 is 0 Å². The highest BCUT2D eigenvalue weighted by molar-refractivity contribution is 5.77. The second kappa shape index (κ2) is 4.94. The summed E-state index contributed by atoms with van der Waals surface area (Å²) in [7, 11) is 2.12. The predicted molar refractivity (Wildman–Crippen MR) is 57.7 cm³/mol. The van der Waals surface area contributed by atoms with Gasteiger partial charge in [-0.2, -0.15) is 0 Å². The number of morpholine rings is 1. The van der Waals surface area contributed by atoms with Crippen molar-refractivity contribution in [2.45, 2.75) is 25.3 Å². The third kappa shape index (κ3) is 2.69. The molecule has 0 aromatic rings. The molecule has 4 heteroatoms. The van der Waals surface area contributed by atoms with Crippen LogP contribution in [0, 0.1) is 0 Å². The molecule has 2 aliphatic rings. The van der Waals surface area contributed by atoms with Gasteiger partial charge < -0.3 is 14.5 Å². The highest BCUT2D eigenvalue weighted by Gasteiger charge is 2.26. The zero-order chi connectivity index (χ0) is 10.7. The van der Waals surface area contributed by atoms with Gasteiger partial charge in [0.1, 0.15) is 0 Å². The zero-order valence-corrected chi connectivity index (χ0v) is 9.45. The maximum atomic E-state index is 11.9. The van der Waals surface area contributed by atoms with Crippen molar-refractivity contribution in [2.75, 3.05) is 39.9 Å². The third-order valence-corrected chi connectivity index (χ3v) is 3.45. The summed E-state index contributed by atoms with van der Waals surface area (Å²) in [6, 6.07) is 0.473. The first-order valence-corrected chi connectivity index (χ1v) is 5.83. The molecule has 4 nitrogen and oxygen atoms in total. The van der Waals surface area contributed by atoms with Crippen LogP contribution >= 0.6 is 0 Å². The van der Waals surface area contributed by atoms with Crippen LogP contribution in [-0.4, -0.2) is 61.6 Å². The quantitative estimate of drug-likeness (QED) is 0.661. The maximum Gasteiger partial charge on any atom is 0.224 e. The van der Waals surface area contributed by atoms with E-state index in [2.05, 4.69) is 11.9 Å². The largest absolute Gasteiger partial charge is 0.378 e. The summed E-state index contributed by atoms with van der Waals surface area (Å²) in [4.78, 5) is 16.2. The Kier molecular flexibility index (Phi) is 3.59. The molecular formula is C11H20N2O2. The van der Waals surface area contributed by atoms with Crippen molar-refractivity contribution in [3.8, 4) is 0 Å². The number of ether oxygens (including phenoxy) is 1. The number of nitrogens with zero attached hydrogens (tertiary/aromatic N) is 2. The summed E-state index contributed by atoms with van der Waals surface area (Å²) in [5.74, 6) is 0.303. The first-order valence-electron chi connectivity index (χ1n) is 5.83. The van der Waals surface area contributed by atoms with Crippen LogP contribution in [0.5, 0.6) is 0 Å². The lowest BCUT2D eigenvalue weighted by Gasteiger charge is -2.29. The Hall–Kier alpha value is -0.610. The molecule has 0 aromatic carbocycles. The van der Waals surface area contributed by atoms with Gasteiger partial charge in [0, 0.05) is 25.6 Å². The number of rotatable bonds is 2. The van der Waals surface area contributed by atoms with Gasteiger partial charge in [-0.25, -0.2) is 0 Å². The number of amides is 1. The van der Waals surface area contributed by atoms with Gasteiger partial charge in [-0.05, 0) is 26.4 Å². The summed E-state index contributed by atoms with van der Waals surface area (Å²) >= 11 is 0. The average Bonchev–Trinajstić information content (AvgIpc) is 2.66. The van der Waals surface area contributed by atoms with Crippen molar-refractivity contribution in [3.63, 3.8) is 0 Å². The summed E-state index contributed by atoms with van der Waals surface area (Å²) in [6.07, 6.45) is 3.10. The lowest BCUT2D eigenvalue weighted by atomic mass is 10.1. The van der Waals surface area contributed by atoms with Crippen LogP contribution in [-0.2, 0) is 9.53 Å². The van der Waals surface area contributed by atoms with Crippen LogP contribution < -0.4 is 0 Å². The molecule has 0 saturated carbocycles. The van der Waals surface area contributed by atoms with E-state index in [0.29, 0.717) is 31.6 Å². The maximum absolute atomic E-state index is 11.9. The molecule has 2 fully saturated rings. The highest BCUT2D eigenvalue weighted by atomic mass is 16.5. The van der Waals surface area contributed by atoms with Gasteiger partial charge in [0.2, 0.25) is 5.91 Å². The van der Waals surface area contributed by atoms with Gasteiger partial charge in [0.05, 0.1) is 13.2 Å². The summed E-state index contributed by atoms with van der Waals surface area (Å²) in [6.45, 7) is 4.09. The molecule has 0 spiro atoms. The Labute approximate surface area is 91.2 Å². The van der Waals surface area contributed by atoms with Gasteiger partial charge in [0.25, 0.3) is 0 Å². The smallest absolute Gasteiger partial charge is 0.224 e. The van der Waals surface area contributed by atoms with E-state index in [-0.39, 0.29) is 0 Å². The molecule has 2 saturated heterocycles. The van der Waals surface area contributed by atoms with Crippen molar-refractivity contribution >= 4 is 5.91 Å². The van der Waals surface area contributed by atoms with Crippen LogP contribution in [0.15, 0.2) is 0 Å². The summed E-state index contributed by atoms with van der Waals surface area (Å²) < 4.78 is 5.24. The minimum absolute atomic E-state index is 0.303. The van der Waals surface area contributed by atoms with Gasteiger partial charge in [-0.1, -0.05) is 0 Å². The molecule has 2 aliphatic heterocycles. The van der Waals surface area contributed by atoms with E-state index in [1.165, 1.54) is 12.8 Å². The summed E-state index contributed by atoms with van der Waals surface area (Å²) in [5, 5.41) is 0. The lowest BCUT2D eigenvalue weighted by molar-refractivity contribution is -0.136. The van der Waals surface area contributed by atoms with Gasteiger partial charge in [0.15, 0.2) is 0 Å². The fraction of sp³-hybridized carbons (Fsp3) is 0.909. The first-order chi connectivity index (χ1) is 7.27. The summed E-state index contributed by atoms with van der Waals surface area (Å²) in [5.41, 5.74) is 0. The SMILES string of the molecule is CN1CCCC1CC(=O)N1CCOCC1. The molecule has 1 unspecified atom stereocenters. The molecule has 0 aliphatic carbocycles. The molecule has 1 atom stereocenters. The molecule has 2 heterocycles. The van der Waals surface area contributed by atoms with Crippen molar-refractivity contribution in [1.29, 1.82) is 0 Å². The van der Waals surface area contributed by atoms with Crippen LogP contribution in [0.25, 0.3) is 0 Å². The van der Waals surface area contributed by atoms with E-state index in [9.17, 15) is 4.79 Å². The van der Waals surface area contributed by atoms with Gasteiger partial charge >= 0.3 is 0 Å². The number of carbonyl (C=O) groups is 1. The number of likely N-dealkylation sites (tertiary alicyclic amines) is 1. The number of carbonyl (C=O) groups excluding carboxylic acids is 1. The third-order valence-electron chi connectivity index (χ3n) is 3.45. The van der Waals surface area contributed by atoms with Gasteiger partial charge in [-0.15, -0.1) is 0 Å². The van der Waals surface area contributed by atoms with Crippen molar-refractivity contribution in [3.05, 3.63) is 0 Å². The number of hydrogen-bond acceptors (Lipinski definition) is 3. The van der Waals surface area contributed by atoms with Crippen molar-refractivity contribution < 1.29 is 9.53 Å². The van der Waals surface area contributed by atoms with Crippen LogP contribution in [0.2, 0.25) is 0 Å².